The van der Waals surface area contributed by atoms with Gasteiger partial charge in [-0.3, -0.25) is 10.8 Å². The summed E-state index contributed by atoms with van der Waals surface area (Å²) >= 11 is 3.48. The Hall–Kier alpha value is -1.95. The molecule has 5 heteroatoms. The summed E-state index contributed by atoms with van der Waals surface area (Å²) in [5.41, 5.74) is 11.7. The molecule has 0 spiro atoms. The predicted octanol–water partition coefficient (Wildman–Crippen LogP) is 3.13. The Morgan fingerprint density at radius 2 is 1.95 bits per heavy atom. The van der Waals surface area contributed by atoms with Crippen LogP contribution in [0, 0.1) is 0 Å². The second-order valence-electron chi connectivity index (χ2n) is 4.82. The maximum atomic E-state index is 6.12. The minimum Gasteiger partial charge on any atom is -0.398 e. The number of hydrogen-bond acceptors (Lipinski definition) is 4. The van der Waals surface area contributed by atoms with Crippen molar-refractivity contribution in [3.8, 4) is 0 Å². The van der Waals surface area contributed by atoms with Crippen LogP contribution in [0.5, 0.6) is 0 Å². The first-order valence-corrected chi connectivity index (χ1v) is 7.33. The number of nitrogens with zero attached hydrogens (tertiary/aromatic N) is 1. The predicted molar refractivity (Wildman–Crippen MR) is 89.5 cm³/mol. The lowest BCUT2D eigenvalue weighted by Crippen LogP contribution is -2.29. The highest BCUT2D eigenvalue weighted by Gasteiger charge is 2.18. The van der Waals surface area contributed by atoms with Gasteiger partial charge in [-0.15, -0.1) is 0 Å². The van der Waals surface area contributed by atoms with Gasteiger partial charge in [0, 0.05) is 27.9 Å². The van der Waals surface area contributed by atoms with Crippen LogP contribution in [-0.2, 0) is 0 Å². The first kappa shape index (κ1) is 14.0. The Balaban J connectivity index is 2.21. The molecule has 3 aromatic rings. The van der Waals surface area contributed by atoms with Crippen molar-refractivity contribution in [2.45, 2.75) is 6.04 Å². The molecule has 0 fully saturated rings. The average Bonchev–Trinajstić information content (AvgIpc) is 2.51. The molecular formula is C16H15BrN4. The number of nitrogen functional groups attached to an aromatic ring is 1. The summed E-state index contributed by atoms with van der Waals surface area (Å²) in [5.74, 6) is 5.81. The molecule has 0 radical (unpaired) electrons. The third-order valence-electron chi connectivity index (χ3n) is 3.55. The first-order chi connectivity index (χ1) is 10.2. The maximum absolute atomic E-state index is 6.12. The highest BCUT2D eigenvalue weighted by molar-refractivity contribution is 9.10. The second kappa shape index (κ2) is 5.81. The number of halogens is 1. The van der Waals surface area contributed by atoms with Gasteiger partial charge < -0.3 is 5.73 Å². The summed E-state index contributed by atoms with van der Waals surface area (Å²) in [6.45, 7) is 0. The van der Waals surface area contributed by atoms with Crippen molar-refractivity contribution in [2.75, 3.05) is 5.73 Å². The van der Waals surface area contributed by atoms with E-state index >= 15 is 0 Å². The molecule has 4 nitrogen and oxygen atoms in total. The third kappa shape index (κ3) is 2.63. The van der Waals surface area contributed by atoms with Gasteiger partial charge in [-0.25, -0.2) is 5.43 Å². The molecule has 0 aliphatic heterocycles. The van der Waals surface area contributed by atoms with Crippen LogP contribution < -0.4 is 17.0 Å². The fourth-order valence-corrected chi connectivity index (χ4v) is 2.91. The Kier molecular flexibility index (Phi) is 3.88. The standard InChI is InChI=1S/C16H15BrN4/c17-11-4-5-15(18)13(8-11)16(21-19)12-3-1-2-10-6-7-20-9-14(10)12/h1-9,16,21H,18-19H2. The SMILES string of the molecule is NNC(c1cc(Br)ccc1N)c1cccc2ccncc12. The summed E-state index contributed by atoms with van der Waals surface area (Å²) in [6, 6.07) is 13.6. The molecule has 1 atom stereocenters. The van der Waals surface area contributed by atoms with E-state index in [1.165, 1.54) is 0 Å². The van der Waals surface area contributed by atoms with Gasteiger partial charge in [0.05, 0.1) is 6.04 Å². The number of nitrogens with two attached hydrogens (primary N) is 2. The van der Waals surface area contributed by atoms with E-state index in [2.05, 4.69) is 32.4 Å². The van der Waals surface area contributed by atoms with Gasteiger partial charge >= 0.3 is 0 Å². The first-order valence-electron chi connectivity index (χ1n) is 6.54. The monoisotopic (exact) mass is 342 g/mol. The molecule has 0 bridgehead atoms. The Morgan fingerprint density at radius 1 is 1.10 bits per heavy atom. The molecule has 0 aliphatic carbocycles. The van der Waals surface area contributed by atoms with Crippen LogP contribution in [0.25, 0.3) is 10.8 Å². The Labute approximate surface area is 131 Å². The van der Waals surface area contributed by atoms with Crippen molar-refractivity contribution in [2.24, 2.45) is 5.84 Å². The largest absolute Gasteiger partial charge is 0.398 e. The molecule has 0 saturated carbocycles. The van der Waals surface area contributed by atoms with Gasteiger partial charge in [0.2, 0.25) is 0 Å². The summed E-state index contributed by atoms with van der Waals surface area (Å²) in [5, 5.41) is 2.18. The maximum Gasteiger partial charge on any atom is 0.0736 e. The van der Waals surface area contributed by atoms with Crippen molar-refractivity contribution in [1.29, 1.82) is 0 Å². The van der Waals surface area contributed by atoms with E-state index < -0.39 is 0 Å². The number of benzene rings is 2. The van der Waals surface area contributed by atoms with E-state index in [-0.39, 0.29) is 6.04 Å². The van der Waals surface area contributed by atoms with E-state index in [9.17, 15) is 0 Å². The topological polar surface area (TPSA) is 77.0 Å². The highest BCUT2D eigenvalue weighted by atomic mass is 79.9. The third-order valence-corrected chi connectivity index (χ3v) is 4.05. The van der Waals surface area contributed by atoms with Crippen LogP contribution >= 0.6 is 15.9 Å². The lowest BCUT2D eigenvalue weighted by atomic mass is 9.94. The summed E-state index contributed by atoms with van der Waals surface area (Å²) in [4.78, 5) is 4.21. The molecule has 21 heavy (non-hydrogen) atoms. The number of anilines is 1. The number of aromatic nitrogens is 1. The quantitative estimate of drug-likeness (QED) is 0.388. The molecule has 106 valence electrons. The molecule has 1 heterocycles. The van der Waals surface area contributed by atoms with E-state index in [4.69, 9.17) is 11.6 Å². The zero-order valence-electron chi connectivity index (χ0n) is 11.3. The molecular weight excluding hydrogens is 328 g/mol. The number of hydrogen-bond donors (Lipinski definition) is 3. The van der Waals surface area contributed by atoms with Gasteiger partial charge in [0.25, 0.3) is 0 Å². The number of nitrogens with one attached hydrogen (secondary N) is 1. The zero-order chi connectivity index (χ0) is 14.8. The number of rotatable bonds is 3. The average molecular weight is 343 g/mol. The minimum atomic E-state index is -0.199. The van der Waals surface area contributed by atoms with E-state index in [0.29, 0.717) is 5.69 Å². The van der Waals surface area contributed by atoms with Crippen LogP contribution in [0.4, 0.5) is 5.69 Å². The van der Waals surface area contributed by atoms with Gasteiger partial charge in [-0.1, -0.05) is 34.1 Å². The summed E-state index contributed by atoms with van der Waals surface area (Å²) in [6.07, 6.45) is 3.63. The van der Waals surface area contributed by atoms with Gasteiger partial charge in [0.1, 0.15) is 0 Å². The fraction of sp³-hybridized carbons (Fsp3) is 0.0625. The fourth-order valence-electron chi connectivity index (χ4n) is 2.53. The molecule has 0 aliphatic rings. The Morgan fingerprint density at radius 3 is 2.76 bits per heavy atom. The highest BCUT2D eigenvalue weighted by Crippen LogP contribution is 2.32. The Bertz CT molecular complexity index is 783. The lowest BCUT2D eigenvalue weighted by molar-refractivity contribution is 0.642. The van der Waals surface area contributed by atoms with Gasteiger partial charge in [0.15, 0.2) is 0 Å². The summed E-state index contributed by atoms with van der Waals surface area (Å²) in [7, 11) is 0. The van der Waals surface area contributed by atoms with Gasteiger partial charge in [-0.05, 0) is 40.8 Å². The van der Waals surface area contributed by atoms with Gasteiger partial charge in [-0.2, -0.15) is 0 Å². The van der Waals surface area contributed by atoms with Crippen molar-refractivity contribution in [1.82, 2.24) is 10.4 Å². The molecule has 2 aromatic carbocycles. The van der Waals surface area contributed by atoms with Crippen LogP contribution in [0.2, 0.25) is 0 Å². The van der Waals surface area contributed by atoms with Crippen molar-refractivity contribution in [3.63, 3.8) is 0 Å². The lowest BCUT2D eigenvalue weighted by Gasteiger charge is -2.20. The molecule has 1 aromatic heterocycles. The summed E-state index contributed by atoms with van der Waals surface area (Å²) < 4.78 is 0.963. The van der Waals surface area contributed by atoms with E-state index in [0.717, 1.165) is 26.4 Å². The van der Waals surface area contributed by atoms with Crippen molar-refractivity contribution < 1.29 is 0 Å². The van der Waals surface area contributed by atoms with Crippen molar-refractivity contribution >= 4 is 32.4 Å². The van der Waals surface area contributed by atoms with E-state index in [1.807, 2.05) is 42.6 Å². The zero-order valence-corrected chi connectivity index (χ0v) is 12.8. The molecule has 0 saturated heterocycles. The minimum absolute atomic E-state index is 0.199. The molecule has 5 N–H and O–H groups in total. The normalized spacial score (nSPS) is 12.5. The molecule has 3 rings (SSSR count). The second-order valence-corrected chi connectivity index (χ2v) is 5.73. The van der Waals surface area contributed by atoms with Crippen LogP contribution in [0.15, 0.2) is 59.3 Å². The number of pyridine rings is 1. The van der Waals surface area contributed by atoms with Crippen LogP contribution in [-0.4, -0.2) is 4.98 Å². The molecule has 1 unspecified atom stereocenters. The van der Waals surface area contributed by atoms with E-state index in [1.54, 1.807) is 6.20 Å². The van der Waals surface area contributed by atoms with Crippen LogP contribution in [0.3, 0.4) is 0 Å². The number of hydrazine groups is 1. The smallest absolute Gasteiger partial charge is 0.0736 e. The molecule has 0 amide bonds. The van der Waals surface area contributed by atoms with Crippen LogP contribution in [0.1, 0.15) is 17.2 Å². The van der Waals surface area contributed by atoms with Crippen molar-refractivity contribution in [3.05, 3.63) is 70.5 Å². The number of fused-ring (bicyclic) bond motifs is 1.